The third kappa shape index (κ3) is 5.93. The molecular formula is C16H25ClN2O. The van der Waals surface area contributed by atoms with Crippen molar-refractivity contribution in [2.75, 3.05) is 13.6 Å². The molecule has 1 atom stereocenters. The van der Waals surface area contributed by atoms with Crippen LogP contribution in [0.25, 0.3) is 0 Å². The highest BCUT2D eigenvalue weighted by Gasteiger charge is 2.12. The zero-order chi connectivity index (χ0) is 15.0. The fourth-order valence-corrected chi connectivity index (χ4v) is 2.38. The van der Waals surface area contributed by atoms with E-state index in [9.17, 15) is 4.79 Å². The van der Waals surface area contributed by atoms with Crippen molar-refractivity contribution in [3.8, 4) is 0 Å². The van der Waals surface area contributed by atoms with Crippen molar-refractivity contribution in [1.82, 2.24) is 4.90 Å². The molecule has 1 aromatic rings. The van der Waals surface area contributed by atoms with Crippen molar-refractivity contribution in [2.24, 2.45) is 11.7 Å². The van der Waals surface area contributed by atoms with Crippen molar-refractivity contribution in [3.05, 3.63) is 34.9 Å². The average molecular weight is 297 g/mol. The van der Waals surface area contributed by atoms with E-state index < -0.39 is 0 Å². The highest BCUT2D eigenvalue weighted by atomic mass is 35.5. The van der Waals surface area contributed by atoms with E-state index in [2.05, 4.69) is 6.92 Å². The Balaban J connectivity index is 2.40. The quantitative estimate of drug-likeness (QED) is 0.798. The van der Waals surface area contributed by atoms with Gasteiger partial charge in [-0.15, -0.1) is 0 Å². The summed E-state index contributed by atoms with van der Waals surface area (Å²) in [7, 11) is 1.85. The van der Waals surface area contributed by atoms with E-state index in [0.29, 0.717) is 25.4 Å². The zero-order valence-corrected chi connectivity index (χ0v) is 13.2. The maximum Gasteiger partial charge on any atom is 0.222 e. The van der Waals surface area contributed by atoms with Crippen LogP contribution in [0.4, 0.5) is 0 Å². The Morgan fingerprint density at radius 2 is 1.95 bits per heavy atom. The van der Waals surface area contributed by atoms with E-state index >= 15 is 0 Å². The average Bonchev–Trinajstić information content (AvgIpc) is 2.45. The van der Waals surface area contributed by atoms with Crippen LogP contribution in [-0.4, -0.2) is 24.4 Å². The molecule has 1 unspecified atom stereocenters. The minimum absolute atomic E-state index is 0.190. The van der Waals surface area contributed by atoms with E-state index in [1.165, 1.54) is 0 Å². The molecule has 3 nitrogen and oxygen atoms in total. The highest BCUT2D eigenvalue weighted by Crippen LogP contribution is 2.16. The smallest absolute Gasteiger partial charge is 0.222 e. The summed E-state index contributed by atoms with van der Waals surface area (Å²) in [5.74, 6) is 0.753. The zero-order valence-electron chi connectivity index (χ0n) is 12.4. The number of rotatable bonds is 8. The van der Waals surface area contributed by atoms with Gasteiger partial charge in [-0.25, -0.2) is 0 Å². The summed E-state index contributed by atoms with van der Waals surface area (Å²) < 4.78 is 0. The number of amides is 1. The second-order valence-electron chi connectivity index (χ2n) is 5.27. The van der Waals surface area contributed by atoms with Gasteiger partial charge < -0.3 is 10.6 Å². The first-order valence-electron chi connectivity index (χ1n) is 7.25. The van der Waals surface area contributed by atoms with Crippen LogP contribution in [0, 0.1) is 5.92 Å². The summed E-state index contributed by atoms with van der Waals surface area (Å²) in [6.07, 6.45) is 3.62. The largest absolute Gasteiger partial charge is 0.341 e. The molecule has 20 heavy (non-hydrogen) atoms. The van der Waals surface area contributed by atoms with Gasteiger partial charge in [-0.2, -0.15) is 0 Å². The third-order valence-corrected chi connectivity index (χ3v) is 3.93. The van der Waals surface area contributed by atoms with Gasteiger partial charge in [-0.05, 0) is 43.0 Å². The second-order valence-corrected chi connectivity index (χ2v) is 5.70. The number of hydrogen-bond donors (Lipinski definition) is 1. The van der Waals surface area contributed by atoms with E-state index in [1.807, 2.05) is 31.3 Å². The molecule has 4 heteroatoms. The Hall–Kier alpha value is -1.06. The first kappa shape index (κ1) is 17.0. The number of halogens is 1. The number of hydrogen-bond acceptors (Lipinski definition) is 2. The maximum atomic E-state index is 12.1. The molecule has 112 valence electrons. The lowest BCUT2D eigenvalue weighted by Gasteiger charge is -2.19. The van der Waals surface area contributed by atoms with Gasteiger partial charge in [0.05, 0.1) is 0 Å². The van der Waals surface area contributed by atoms with E-state index in [1.54, 1.807) is 4.90 Å². The Morgan fingerprint density at radius 3 is 2.50 bits per heavy atom. The highest BCUT2D eigenvalue weighted by molar-refractivity contribution is 6.30. The predicted molar refractivity (Wildman–Crippen MR) is 84.6 cm³/mol. The third-order valence-electron chi connectivity index (χ3n) is 3.68. The number of carbonyl (C=O) groups is 1. The first-order chi connectivity index (χ1) is 9.56. The maximum absolute atomic E-state index is 12.1. The molecule has 1 rings (SSSR count). The fourth-order valence-electron chi connectivity index (χ4n) is 2.26. The number of nitrogens with two attached hydrogens (primary N) is 1. The van der Waals surface area contributed by atoms with E-state index in [-0.39, 0.29) is 5.91 Å². The van der Waals surface area contributed by atoms with Gasteiger partial charge >= 0.3 is 0 Å². The molecule has 0 saturated carbocycles. The summed E-state index contributed by atoms with van der Waals surface area (Å²) in [5.41, 5.74) is 6.68. The lowest BCUT2D eigenvalue weighted by atomic mass is 9.96. The lowest BCUT2D eigenvalue weighted by molar-refractivity contribution is -0.130. The van der Waals surface area contributed by atoms with Crippen molar-refractivity contribution in [2.45, 2.75) is 39.2 Å². The molecule has 1 amide bonds. The lowest BCUT2D eigenvalue weighted by Crippen LogP contribution is -2.26. The summed E-state index contributed by atoms with van der Waals surface area (Å²) in [6.45, 7) is 3.49. The van der Waals surface area contributed by atoms with Gasteiger partial charge in [0, 0.05) is 25.0 Å². The summed E-state index contributed by atoms with van der Waals surface area (Å²) >= 11 is 5.85. The second kappa shape index (κ2) is 8.98. The molecule has 0 aliphatic heterocycles. The van der Waals surface area contributed by atoms with Crippen molar-refractivity contribution in [3.63, 3.8) is 0 Å². The summed E-state index contributed by atoms with van der Waals surface area (Å²) in [4.78, 5) is 13.9. The minimum Gasteiger partial charge on any atom is -0.341 e. The van der Waals surface area contributed by atoms with Gasteiger partial charge in [0.25, 0.3) is 0 Å². The SMILES string of the molecule is CCC(CCN)CCC(=O)N(C)Cc1ccc(Cl)cc1. The standard InChI is InChI=1S/C16H25ClN2O/c1-3-13(10-11-18)6-9-16(20)19(2)12-14-4-7-15(17)8-5-14/h4-5,7-8,13H,3,6,9-12,18H2,1-2H3. The summed E-state index contributed by atoms with van der Waals surface area (Å²) in [6, 6.07) is 7.61. The van der Waals surface area contributed by atoms with Crippen molar-refractivity contribution < 1.29 is 4.79 Å². The topological polar surface area (TPSA) is 46.3 Å². The fraction of sp³-hybridized carbons (Fsp3) is 0.562. The molecule has 0 spiro atoms. The predicted octanol–water partition coefficient (Wildman–Crippen LogP) is 3.45. The Bertz CT molecular complexity index is 405. The number of benzene rings is 1. The number of nitrogens with zero attached hydrogens (tertiary/aromatic N) is 1. The Kier molecular flexibility index (Phi) is 7.63. The van der Waals surface area contributed by atoms with Crippen LogP contribution in [0.2, 0.25) is 5.02 Å². The first-order valence-corrected chi connectivity index (χ1v) is 7.63. The van der Waals surface area contributed by atoms with Crippen molar-refractivity contribution >= 4 is 17.5 Å². The van der Waals surface area contributed by atoms with E-state index in [0.717, 1.165) is 29.8 Å². The van der Waals surface area contributed by atoms with Crippen LogP contribution >= 0.6 is 11.6 Å². The minimum atomic E-state index is 0.190. The van der Waals surface area contributed by atoms with Crippen molar-refractivity contribution in [1.29, 1.82) is 0 Å². The monoisotopic (exact) mass is 296 g/mol. The normalized spacial score (nSPS) is 12.2. The van der Waals surface area contributed by atoms with Crippen LogP contribution in [0.3, 0.4) is 0 Å². The molecule has 2 N–H and O–H groups in total. The van der Waals surface area contributed by atoms with Crippen LogP contribution in [0.5, 0.6) is 0 Å². The van der Waals surface area contributed by atoms with Gasteiger partial charge in [0.1, 0.15) is 0 Å². The Morgan fingerprint density at radius 1 is 1.30 bits per heavy atom. The van der Waals surface area contributed by atoms with Crippen LogP contribution in [0.1, 0.15) is 38.2 Å². The van der Waals surface area contributed by atoms with Crippen LogP contribution < -0.4 is 5.73 Å². The summed E-state index contributed by atoms with van der Waals surface area (Å²) in [5, 5.41) is 0.718. The molecule has 0 aliphatic carbocycles. The van der Waals surface area contributed by atoms with Crippen LogP contribution in [0.15, 0.2) is 24.3 Å². The molecule has 0 aromatic heterocycles. The Labute approximate surface area is 127 Å². The molecule has 0 aliphatic rings. The van der Waals surface area contributed by atoms with Gasteiger partial charge in [-0.1, -0.05) is 37.1 Å². The molecule has 0 heterocycles. The van der Waals surface area contributed by atoms with Gasteiger partial charge in [-0.3, -0.25) is 4.79 Å². The molecule has 0 saturated heterocycles. The molecule has 0 fully saturated rings. The van der Waals surface area contributed by atoms with E-state index in [4.69, 9.17) is 17.3 Å². The van der Waals surface area contributed by atoms with Gasteiger partial charge in [0.15, 0.2) is 0 Å². The molecular weight excluding hydrogens is 272 g/mol. The molecule has 0 radical (unpaired) electrons. The van der Waals surface area contributed by atoms with Crippen LogP contribution in [-0.2, 0) is 11.3 Å². The molecule has 0 bridgehead atoms. The molecule has 1 aromatic carbocycles. The van der Waals surface area contributed by atoms with Gasteiger partial charge in [0.2, 0.25) is 5.91 Å². The number of carbonyl (C=O) groups excluding carboxylic acids is 1.